The maximum absolute atomic E-state index is 5.42. The zero-order chi connectivity index (χ0) is 18.0. The monoisotopic (exact) mass is 340 g/mol. The summed E-state index contributed by atoms with van der Waals surface area (Å²) in [6.45, 7) is 7.08. The first kappa shape index (κ1) is 17.1. The van der Waals surface area contributed by atoms with E-state index in [1.165, 1.54) is 0 Å². The second-order valence-corrected chi connectivity index (χ2v) is 5.99. The molecule has 1 N–H and O–H groups in total. The lowest BCUT2D eigenvalue weighted by atomic mass is 10.1. The van der Waals surface area contributed by atoms with Crippen molar-refractivity contribution in [2.75, 3.05) is 26.1 Å². The van der Waals surface area contributed by atoms with Gasteiger partial charge in [-0.25, -0.2) is 4.98 Å². The number of benzene rings is 1. The summed E-state index contributed by atoms with van der Waals surface area (Å²) in [4.78, 5) is 4.67. The third kappa shape index (κ3) is 3.12. The van der Waals surface area contributed by atoms with Crippen LogP contribution in [0.1, 0.15) is 24.6 Å². The average molecular weight is 340 g/mol. The van der Waals surface area contributed by atoms with Gasteiger partial charge < -0.3 is 14.8 Å². The van der Waals surface area contributed by atoms with E-state index in [9.17, 15) is 0 Å². The first-order valence-electron chi connectivity index (χ1n) is 8.42. The first-order valence-corrected chi connectivity index (χ1v) is 8.42. The summed E-state index contributed by atoms with van der Waals surface area (Å²) < 4.78 is 12.6. The summed E-state index contributed by atoms with van der Waals surface area (Å²) in [7, 11) is 3.27. The largest absolute Gasteiger partial charge is 0.493 e. The van der Waals surface area contributed by atoms with Crippen molar-refractivity contribution in [1.29, 1.82) is 0 Å². The van der Waals surface area contributed by atoms with Crippen LogP contribution in [0.25, 0.3) is 16.9 Å². The molecule has 0 saturated heterocycles. The van der Waals surface area contributed by atoms with Crippen molar-refractivity contribution in [2.45, 2.75) is 27.2 Å². The zero-order valence-electron chi connectivity index (χ0n) is 15.4. The number of nitrogens with zero attached hydrogens (tertiary/aromatic N) is 3. The van der Waals surface area contributed by atoms with Crippen molar-refractivity contribution in [2.24, 2.45) is 0 Å². The zero-order valence-corrected chi connectivity index (χ0v) is 15.4. The predicted octanol–water partition coefficient (Wildman–Crippen LogP) is 3.85. The standard InChI is InChI=1S/C19H24N4O2/c1-6-9-20-17-10-12(2)21-19-13(3)18(22-23(17)19)14-7-8-15(24-4)16(11-14)25-5/h7-8,10-11,20H,6,9H2,1-5H3. The molecule has 0 unspecified atom stereocenters. The van der Waals surface area contributed by atoms with Crippen molar-refractivity contribution < 1.29 is 9.47 Å². The normalized spacial score (nSPS) is 10.9. The number of rotatable bonds is 6. The van der Waals surface area contributed by atoms with Crippen molar-refractivity contribution >= 4 is 11.5 Å². The summed E-state index contributed by atoms with van der Waals surface area (Å²) in [5, 5.41) is 8.23. The fourth-order valence-electron chi connectivity index (χ4n) is 2.88. The van der Waals surface area contributed by atoms with E-state index in [2.05, 4.69) is 17.2 Å². The molecular weight excluding hydrogens is 316 g/mol. The van der Waals surface area contributed by atoms with Gasteiger partial charge in [0.1, 0.15) is 5.82 Å². The van der Waals surface area contributed by atoms with Crippen LogP contribution in [0.15, 0.2) is 24.3 Å². The molecule has 0 bridgehead atoms. The van der Waals surface area contributed by atoms with Crippen LogP contribution in [0.3, 0.4) is 0 Å². The Labute approximate surface area is 147 Å². The molecule has 3 rings (SSSR count). The number of ether oxygens (including phenoxy) is 2. The Morgan fingerprint density at radius 3 is 2.52 bits per heavy atom. The molecule has 2 aromatic heterocycles. The summed E-state index contributed by atoms with van der Waals surface area (Å²) in [5.41, 5.74) is 4.73. The van der Waals surface area contributed by atoms with Gasteiger partial charge in [-0.3, -0.25) is 0 Å². The Kier molecular flexibility index (Phi) is 4.79. The minimum atomic E-state index is 0.685. The summed E-state index contributed by atoms with van der Waals surface area (Å²) in [6.07, 6.45) is 1.05. The van der Waals surface area contributed by atoms with E-state index in [4.69, 9.17) is 14.6 Å². The molecule has 0 radical (unpaired) electrons. The van der Waals surface area contributed by atoms with Gasteiger partial charge in [0.25, 0.3) is 0 Å². The SMILES string of the molecule is CCCNc1cc(C)nc2c(C)c(-c3ccc(OC)c(OC)c3)nn12. The van der Waals surface area contributed by atoms with E-state index in [0.29, 0.717) is 11.5 Å². The quantitative estimate of drug-likeness (QED) is 0.738. The van der Waals surface area contributed by atoms with Crippen molar-refractivity contribution in [1.82, 2.24) is 14.6 Å². The third-order valence-corrected chi connectivity index (χ3v) is 4.16. The Morgan fingerprint density at radius 2 is 1.84 bits per heavy atom. The molecule has 1 aromatic carbocycles. The molecule has 0 atom stereocenters. The summed E-state index contributed by atoms with van der Waals surface area (Å²) in [6, 6.07) is 7.85. The van der Waals surface area contributed by atoms with Crippen molar-refractivity contribution in [3.8, 4) is 22.8 Å². The van der Waals surface area contributed by atoms with E-state index < -0.39 is 0 Å². The number of methoxy groups -OCH3 is 2. The number of anilines is 1. The van der Waals surface area contributed by atoms with Crippen LogP contribution in [0, 0.1) is 13.8 Å². The first-order chi connectivity index (χ1) is 12.1. The molecule has 25 heavy (non-hydrogen) atoms. The second kappa shape index (κ2) is 7.01. The fourth-order valence-corrected chi connectivity index (χ4v) is 2.88. The van der Waals surface area contributed by atoms with Gasteiger partial charge in [-0.05, 0) is 38.5 Å². The van der Waals surface area contributed by atoms with Crippen LogP contribution >= 0.6 is 0 Å². The van der Waals surface area contributed by atoms with Crippen LogP contribution in [0.5, 0.6) is 11.5 Å². The van der Waals surface area contributed by atoms with Crippen LogP contribution in [-0.4, -0.2) is 35.4 Å². The van der Waals surface area contributed by atoms with Gasteiger partial charge in [0.2, 0.25) is 0 Å². The van der Waals surface area contributed by atoms with Gasteiger partial charge in [0.05, 0.1) is 19.9 Å². The number of hydrogen-bond donors (Lipinski definition) is 1. The molecule has 132 valence electrons. The summed E-state index contributed by atoms with van der Waals surface area (Å²) in [5.74, 6) is 2.34. The number of nitrogens with one attached hydrogen (secondary N) is 1. The molecular formula is C19H24N4O2. The fraction of sp³-hybridized carbons (Fsp3) is 0.368. The van der Waals surface area contributed by atoms with E-state index in [1.807, 2.05) is 42.6 Å². The van der Waals surface area contributed by atoms with Crippen molar-refractivity contribution in [3.05, 3.63) is 35.5 Å². The number of fused-ring (bicyclic) bond motifs is 1. The third-order valence-electron chi connectivity index (χ3n) is 4.16. The molecule has 0 fully saturated rings. The topological polar surface area (TPSA) is 60.7 Å². The number of hydrogen-bond acceptors (Lipinski definition) is 5. The molecule has 0 aliphatic heterocycles. The lowest BCUT2D eigenvalue weighted by Crippen LogP contribution is -2.07. The van der Waals surface area contributed by atoms with E-state index in [1.54, 1.807) is 14.2 Å². The molecule has 6 heteroatoms. The average Bonchev–Trinajstić information content (AvgIpc) is 2.96. The van der Waals surface area contributed by atoms with Gasteiger partial charge in [-0.2, -0.15) is 9.61 Å². The lowest BCUT2D eigenvalue weighted by Gasteiger charge is -2.08. The van der Waals surface area contributed by atoms with Crippen LogP contribution < -0.4 is 14.8 Å². The van der Waals surface area contributed by atoms with Crippen LogP contribution in [0.2, 0.25) is 0 Å². The van der Waals surface area contributed by atoms with E-state index in [0.717, 1.165) is 46.9 Å². The molecule has 6 nitrogen and oxygen atoms in total. The van der Waals surface area contributed by atoms with Crippen molar-refractivity contribution in [3.63, 3.8) is 0 Å². The minimum Gasteiger partial charge on any atom is -0.493 e. The number of aryl methyl sites for hydroxylation is 2. The maximum Gasteiger partial charge on any atom is 0.161 e. The highest BCUT2D eigenvalue weighted by atomic mass is 16.5. The Morgan fingerprint density at radius 1 is 1.08 bits per heavy atom. The molecule has 3 aromatic rings. The highest BCUT2D eigenvalue weighted by molar-refractivity contribution is 5.73. The lowest BCUT2D eigenvalue weighted by molar-refractivity contribution is 0.355. The summed E-state index contributed by atoms with van der Waals surface area (Å²) >= 11 is 0. The Balaban J connectivity index is 2.16. The molecule has 0 amide bonds. The predicted molar refractivity (Wildman–Crippen MR) is 99.8 cm³/mol. The smallest absolute Gasteiger partial charge is 0.161 e. The van der Waals surface area contributed by atoms with Gasteiger partial charge >= 0.3 is 0 Å². The van der Waals surface area contributed by atoms with Crippen LogP contribution in [0.4, 0.5) is 5.82 Å². The van der Waals surface area contributed by atoms with Gasteiger partial charge in [0, 0.05) is 29.4 Å². The van der Waals surface area contributed by atoms with Gasteiger partial charge in [0.15, 0.2) is 17.1 Å². The van der Waals surface area contributed by atoms with E-state index >= 15 is 0 Å². The molecule has 2 heterocycles. The van der Waals surface area contributed by atoms with E-state index in [-0.39, 0.29) is 0 Å². The molecule has 0 saturated carbocycles. The maximum atomic E-state index is 5.42. The van der Waals surface area contributed by atoms with Gasteiger partial charge in [-0.1, -0.05) is 6.92 Å². The highest BCUT2D eigenvalue weighted by Crippen LogP contribution is 2.34. The van der Waals surface area contributed by atoms with Crippen LogP contribution in [-0.2, 0) is 0 Å². The Bertz CT molecular complexity index is 902. The Hall–Kier alpha value is -2.76. The molecule has 0 aliphatic rings. The molecule has 0 aliphatic carbocycles. The second-order valence-electron chi connectivity index (χ2n) is 5.99. The van der Waals surface area contributed by atoms with Gasteiger partial charge in [-0.15, -0.1) is 0 Å². The number of aromatic nitrogens is 3. The minimum absolute atomic E-state index is 0.685. The molecule has 0 spiro atoms. The highest BCUT2D eigenvalue weighted by Gasteiger charge is 2.16.